The van der Waals surface area contributed by atoms with Crippen LogP contribution in [-0.2, 0) is 14.1 Å². The molecule has 0 bridgehead atoms. The molecule has 2 aromatic rings. The fourth-order valence-corrected chi connectivity index (χ4v) is 1.15. The maximum atomic E-state index is 3.78. The quantitative estimate of drug-likeness (QED) is 0.782. The molecule has 0 spiro atoms. The zero-order chi connectivity index (χ0) is 13.6. The van der Waals surface area contributed by atoms with E-state index in [1.54, 1.807) is 25.0 Å². The molecule has 2 aromatic heterocycles. The third kappa shape index (κ3) is 10.9. The standard InChI is InChI=1S/C6H14.2C4H6N2/c1-3-5-6-4-2;2*1-6-3-2-5-4-6/h3-6H2,1-2H3;2*2-4H,1H3. The molecule has 0 aliphatic rings. The number of imidazole rings is 2. The molecule has 0 aliphatic heterocycles. The zero-order valence-electron chi connectivity index (χ0n) is 12.1. The van der Waals surface area contributed by atoms with E-state index in [-0.39, 0.29) is 0 Å². The molecule has 0 saturated carbocycles. The van der Waals surface area contributed by atoms with Crippen LogP contribution >= 0.6 is 0 Å². The topological polar surface area (TPSA) is 35.6 Å². The van der Waals surface area contributed by atoms with E-state index >= 15 is 0 Å². The van der Waals surface area contributed by atoms with Gasteiger partial charge in [-0.05, 0) is 0 Å². The van der Waals surface area contributed by atoms with Crippen molar-refractivity contribution >= 4 is 0 Å². The molecular weight excluding hydrogens is 224 g/mol. The lowest BCUT2D eigenvalue weighted by molar-refractivity contribution is 0.702. The highest BCUT2D eigenvalue weighted by molar-refractivity contribution is 4.70. The molecule has 0 aromatic carbocycles. The molecule has 0 radical (unpaired) electrons. The van der Waals surface area contributed by atoms with Crippen molar-refractivity contribution in [3.05, 3.63) is 37.4 Å². The molecule has 0 amide bonds. The van der Waals surface area contributed by atoms with Crippen molar-refractivity contribution in [2.75, 3.05) is 0 Å². The van der Waals surface area contributed by atoms with E-state index in [9.17, 15) is 0 Å². The number of aromatic nitrogens is 4. The Morgan fingerprint density at radius 3 is 1.28 bits per heavy atom. The minimum Gasteiger partial charge on any atom is -0.341 e. The van der Waals surface area contributed by atoms with Crippen LogP contribution in [0.3, 0.4) is 0 Å². The highest BCUT2D eigenvalue weighted by Crippen LogP contribution is 1.95. The van der Waals surface area contributed by atoms with Crippen molar-refractivity contribution in [3.63, 3.8) is 0 Å². The van der Waals surface area contributed by atoms with Gasteiger partial charge in [0, 0.05) is 38.9 Å². The number of hydrogen-bond donors (Lipinski definition) is 0. The van der Waals surface area contributed by atoms with E-state index in [0.29, 0.717) is 0 Å². The van der Waals surface area contributed by atoms with Gasteiger partial charge < -0.3 is 9.13 Å². The molecule has 18 heavy (non-hydrogen) atoms. The first-order valence-electron chi connectivity index (χ1n) is 6.54. The molecule has 0 atom stereocenters. The SMILES string of the molecule is CCCCCC.Cn1ccnc1.Cn1ccnc1. The summed E-state index contributed by atoms with van der Waals surface area (Å²) in [5.74, 6) is 0. The highest BCUT2D eigenvalue weighted by atomic mass is 15.0. The van der Waals surface area contributed by atoms with Gasteiger partial charge >= 0.3 is 0 Å². The minimum absolute atomic E-state index is 1.36. The summed E-state index contributed by atoms with van der Waals surface area (Å²) >= 11 is 0. The molecule has 0 unspecified atom stereocenters. The van der Waals surface area contributed by atoms with E-state index in [1.807, 2.05) is 35.6 Å². The predicted octanol–water partition coefficient (Wildman–Crippen LogP) is 3.43. The fourth-order valence-electron chi connectivity index (χ4n) is 1.15. The Labute approximate surface area is 111 Å². The van der Waals surface area contributed by atoms with Crippen molar-refractivity contribution in [1.29, 1.82) is 0 Å². The van der Waals surface area contributed by atoms with Crippen LogP contribution in [-0.4, -0.2) is 19.1 Å². The van der Waals surface area contributed by atoms with E-state index in [4.69, 9.17) is 0 Å². The van der Waals surface area contributed by atoms with Crippen molar-refractivity contribution in [2.45, 2.75) is 39.5 Å². The Balaban J connectivity index is 0.000000241. The van der Waals surface area contributed by atoms with Gasteiger partial charge in [0.25, 0.3) is 0 Å². The van der Waals surface area contributed by atoms with Gasteiger partial charge in [-0.1, -0.05) is 39.5 Å². The summed E-state index contributed by atoms with van der Waals surface area (Å²) in [7, 11) is 3.88. The predicted molar refractivity (Wildman–Crippen MR) is 76.2 cm³/mol. The molecule has 102 valence electrons. The smallest absolute Gasteiger partial charge is 0.0943 e. The average Bonchev–Trinajstić information content (AvgIpc) is 3.01. The van der Waals surface area contributed by atoms with E-state index < -0.39 is 0 Å². The van der Waals surface area contributed by atoms with Crippen LogP contribution in [0.4, 0.5) is 0 Å². The van der Waals surface area contributed by atoms with Crippen molar-refractivity contribution in [1.82, 2.24) is 19.1 Å². The van der Waals surface area contributed by atoms with Gasteiger partial charge in [0.15, 0.2) is 0 Å². The van der Waals surface area contributed by atoms with Gasteiger partial charge in [0.1, 0.15) is 0 Å². The monoisotopic (exact) mass is 250 g/mol. The lowest BCUT2D eigenvalue weighted by Gasteiger charge is -1.86. The molecular formula is C14H26N4. The van der Waals surface area contributed by atoms with Crippen molar-refractivity contribution in [2.24, 2.45) is 14.1 Å². The third-order valence-corrected chi connectivity index (χ3v) is 2.23. The Hall–Kier alpha value is -1.58. The molecule has 0 fully saturated rings. The number of nitrogens with zero attached hydrogens (tertiary/aromatic N) is 4. The second-order valence-electron chi connectivity index (χ2n) is 4.16. The molecule has 2 rings (SSSR count). The maximum absolute atomic E-state index is 3.78. The van der Waals surface area contributed by atoms with Gasteiger partial charge in [-0.25, -0.2) is 9.97 Å². The van der Waals surface area contributed by atoms with Gasteiger partial charge in [0.05, 0.1) is 12.7 Å². The van der Waals surface area contributed by atoms with Crippen LogP contribution in [0, 0.1) is 0 Å². The number of rotatable bonds is 3. The molecule has 0 aliphatic carbocycles. The van der Waals surface area contributed by atoms with Crippen LogP contribution in [0.25, 0.3) is 0 Å². The van der Waals surface area contributed by atoms with Gasteiger partial charge in [-0.3, -0.25) is 0 Å². The number of unbranched alkanes of at least 4 members (excludes halogenated alkanes) is 3. The first-order valence-corrected chi connectivity index (χ1v) is 6.54. The van der Waals surface area contributed by atoms with Crippen LogP contribution in [0.1, 0.15) is 39.5 Å². The summed E-state index contributed by atoms with van der Waals surface area (Å²) in [6.07, 6.45) is 16.3. The Morgan fingerprint density at radius 1 is 0.778 bits per heavy atom. The summed E-state index contributed by atoms with van der Waals surface area (Å²) in [5, 5.41) is 0. The molecule has 4 nitrogen and oxygen atoms in total. The lowest BCUT2D eigenvalue weighted by Crippen LogP contribution is -1.76. The van der Waals surface area contributed by atoms with Crippen molar-refractivity contribution < 1.29 is 0 Å². The normalized spacial score (nSPS) is 8.89. The largest absolute Gasteiger partial charge is 0.341 e. The summed E-state index contributed by atoms with van der Waals surface area (Å²) < 4.78 is 3.78. The third-order valence-electron chi connectivity index (χ3n) is 2.23. The first-order chi connectivity index (χ1) is 8.70. The highest BCUT2D eigenvalue weighted by Gasteiger charge is 1.75. The van der Waals surface area contributed by atoms with Crippen molar-refractivity contribution in [3.8, 4) is 0 Å². The minimum atomic E-state index is 1.36. The average molecular weight is 250 g/mol. The van der Waals surface area contributed by atoms with Crippen LogP contribution in [0.2, 0.25) is 0 Å². The van der Waals surface area contributed by atoms with Crippen LogP contribution in [0.15, 0.2) is 37.4 Å². The Kier molecular flexibility index (Phi) is 10.8. The second kappa shape index (κ2) is 11.9. The molecule has 0 N–H and O–H groups in total. The first kappa shape index (κ1) is 16.4. The van der Waals surface area contributed by atoms with E-state index in [2.05, 4.69) is 23.8 Å². The van der Waals surface area contributed by atoms with Crippen LogP contribution in [0.5, 0.6) is 0 Å². The Bertz CT molecular complexity index is 302. The fraction of sp³-hybridized carbons (Fsp3) is 0.571. The van der Waals surface area contributed by atoms with Gasteiger partial charge in [0.2, 0.25) is 0 Å². The van der Waals surface area contributed by atoms with Gasteiger partial charge in [-0.2, -0.15) is 0 Å². The van der Waals surface area contributed by atoms with E-state index in [1.165, 1.54) is 25.7 Å². The lowest BCUT2D eigenvalue weighted by atomic mass is 10.2. The van der Waals surface area contributed by atoms with E-state index in [0.717, 1.165) is 0 Å². The summed E-state index contributed by atoms with van der Waals surface area (Å²) in [4.78, 5) is 7.57. The second-order valence-corrected chi connectivity index (χ2v) is 4.16. The summed E-state index contributed by atoms with van der Waals surface area (Å²) in [5.41, 5.74) is 0. The molecule has 0 saturated heterocycles. The Morgan fingerprint density at radius 2 is 1.17 bits per heavy atom. The molecule has 2 heterocycles. The maximum Gasteiger partial charge on any atom is 0.0943 e. The zero-order valence-corrected chi connectivity index (χ0v) is 12.1. The van der Waals surface area contributed by atoms with Gasteiger partial charge in [-0.15, -0.1) is 0 Å². The molecule has 4 heteroatoms. The summed E-state index contributed by atoms with van der Waals surface area (Å²) in [6, 6.07) is 0. The number of hydrogen-bond acceptors (Lipinski definition) is 2. The summed E-state index contributed by atoms with van der Waals surface area (Å²) in [6.45, 7) is 4.46. The van der Waals surface area contributed by atoms with Crippen LogP contribution < -0.4 is 0 Å². The number of aryl methyl sites for hydroxylation is 2.